The molecule has 1 aliphatic heterocycles. The van der Waals surface area contributed by atoms with E-state index in [1.54, 1.807) is 7.11 Å². The highest BCUT2D eigenvalue weighted by molar-refractivity contribution is 9.10. The average molecular weight is 463 g/mol. The Morgan fingerprint density at radius 3 is 2.64 bits per heavy atom. The number of carbonyl (C=O) groups excluding carboxylic acids is 1. The zero-order valence-corrected chi connectivity index (χ0v) is 18.4. The van der Waals surface area contributed by atoms with E-state index in [1.165, 1.54) is 17.3 Å². The fraction of sp³-hybridized carbons (Fsp3) is 0.286. The van der Waals surface area contributed by atoms with Crippen LogP contribution in [0.15, 0.2) is 45.8 Å². The van der Waals surface area contributed by atoms with Crippen molar-refractivity contribution in [1.29, 1.82) is 0 Å². The fourth-order valence-electron chi connectivity index (χ4n) is 2.84. The number of benzene rings is 2. The monoisotopic (exact) mass is 462 g/mol. The van der Waals surface area contributed by atoms with Gasteiger partial charge in [0.1, 0.15) is 0 Å². The third-order valence-corrected chi connectivity index (χ3v) is 5.84. The molecule has 0 saturated carbocycles. The second kappa shape index (κ2) is 9.39. The Bertz CT molecular complexity index is 884. The Hall–Kier alpha value is -2.12. The predicted molar refractivity (Wildman–Crippen MR) is 119 cm³/mol. The first-order valence-electron chi connectivity index (χ1n) is 9.09. The molecule has 1 aliphatic rings. The first kappa shape index (κ1) is 20.6. The lowest BCUT2D eigenvalue weighted by atomic mass is 10.1. The number of hydrogen-bond acceptors (Lipinski definition) is 5. The molecule has 1 heterocycles. The van der Waals surface area contributed by atoms with Crippen LogP contribution in [0, 0.1) is 0 Å². The van der Waals surface area contributed by atoms with Crippen molar-refractivity contribution in [1.82, 2.24) is 5.32 Å². The van der Waals surface area contributed by atoms with Crippen molar-refractivity contribution in [3.05, 3.63) is 56.9 Å². The van der Waals surface area contributed by atoms with Gasteiger partial charge in [0.15, 0.2) is 17.0 Å². The number of carbonyl (C=O) groups is 1. The van der Waals surface area contributed by atoms with Crippen molar-refractivity contribution in [3.63, 3.8) is 0 Å². The average Bonchev–Trinajstić information content (AvgIpc) is 3.01. The molecule has 28 heavy (non-hydrogen) atoms. The van der Waals surface area contributed by atoms with Crippen LogP contribution in [0.1, 0.15) is 25.0 Å². The van der Waals surface area contributed by atoms with Gasteiger partial charge < -0.3 is 20.1 Å². The molecule has 0 spiro atoms. The highest BCUT2D eigenvalue weighted by Gasteiger charge is 2.27. The minimum atomic E-state index is -0.209. The molecule has 1 amide bonds. The molecule has 2 aromatic carbocycles. The number of amides is 1. The number of ether oxygens (including phenoxy) is 2. The quantitative estimate of drug-likeness (QED) is 0.565. The maximum absolute atomic E-state index is 12.4. The zero-order chi connectivity index (χ0) is 20.1. The molecule has 0 aromatic heterocycles. The molecule has 1 fully saturated rings. The van der Waals surface area contributed by atoms with Crippen LogP contribution in [0.2, 0.25) is 0 Å². The molecule has 0 bridgehead atoms. The normalized spacial score (nSPS) is 17.5. The lowest BCUT2D eigenvalue weighted by molar-refractivity contribution is -0.116. The zero-order valence-electron chi connectivity index (χ0n) is 16.0. The van der Waals surface area contributed by atoms with Gasteiger partial charge in [-0.3, -0.25) is 4.79 Å². The van der Waals surface area contributed by atoms with Gasteiger partial charge in [-0.2, -0.15) is 0 Å². The van der Waals surface area contributed by atoms with Crippen LogP contribution in [0.25, 0.3) is 6.08 Å². The predicted octanol–water partition coefficient (Wildman–Crippen LogP) is 5.02. The highest BCUT2D eigenvalue weighted by Crippen LogP contribution is 2.38. The van der Waals surface area contributed by atoms with Gasteiger partial charge in [0.25, 0.3) is 5.91 Å². The van der Waals surface area contributed by atoms with E-state index < -0.39 is 0 Å². The molecule has 0 radical (unpaired) electrons. The van der Waals surface area contributed by atoms with Gasteiger partial charge in [-0.05, 0) is 70.7 Å². The second-order valence-corrected chi connectivity index (χ2v) is 8.14. The van der Waals surface area contributed by atoms with Gasteiger partial charge in [-0.1, -0.05) is 30.8 Å². The van der Waals surface area contributed by atoms with Crippen LogP contribution >= 0.6 is 27.7 Å². The SMILES string of the molecule is CCOc1cc(/C=C2\S[C@@H](Nc3ccc(CC)cc3)NC2=O)cc(Br)c1OC. The van der Waals surface area contributed by atoms with E-state index in [0.717, 1.165) is 22.1 Å². The van der Waals surface area contributed by atoms with Gasteiger partial charge in [-0.25, -0.2) is 0 Å². The number of aryl methyl sites for hydroxylation is 1. The summed E-state index contributed by atoms with van der Waals surface area (Å²) < 4.78 is 11.8. The Morgan fingerprint density at radius 1 is 1.25 bits per heavy atom. The maximum Gasteiger partial charge on any atom is 0.260 e. The first-order chi connectivity index (χ1) is 13.5. The molecular weight excluding hydrogens is 440 g/mol. The first-order valence-corrected chi connectivity index (χ1v) is 10.8. The largest absolute Gasteiger partial charge is 0.492 e. The molecule has 0 unspecified atom stereocenters. The van der Waals surface area contributed by atoms with Gasteiger partial charge in [0, 0.05) is 5.69 Å². The van der Waals surface area contributed by atoms with Crippen LogP contribution in [0.5, 0.6) is 11.5 Å². The van der Waals surface area contributed by atoms with Crippen LogP contribution in [0.3, 0.4) is 0 Å². The third kappa shape index (κ3) is 4.83. The van der Waals surface area contributed by atoms with Crippen molar-refractivity contribution < 1.29 is 14.3 Å². The number of rotatable bonds is 7. The van der Waals surface area contributed by atoms with Crippen LogP contribution in [-0.4, -0.2) is 25.1 Å². The van der Waals surface area contributed by atoms with Crippen LogP contribution in [-0.2, 0) is 11.2 Å². The number of methoxy groups -OCH3 is 1. The molecule has 7 heteroatoms. The third-order valence-electron chi connectivity index (χ3n) is 4.22. The Kier molecular flexibility index (Phi) is 6.91. The molecule has 148 valence electrons. The van der Waals surface area contributed by atoms with Crippen LogP contribution < -0.4 is 20.1 Å². The van der Waals surface area contributed by atoms with E-state index >= 15 is 0 Å². The minimum absolute atomic E-state index is 0.0995. The fourth-order valence-corrected chi connectivity index (χ4v) is 4.44. The maximum atomic E-state index is 12.4. The van der Waals surface area contributed by atoms with E-state index in [9.17, 15) is 4.79 Å². The minimum Gasteiger partial charge on any atom is -0.492 e. The molecule has 5 nitrogen and oxygen atoms in total. The van der Waals surface area contributed by atoms with Crippen molar-refractivity contribution in [2.24, 2.45) is 0 Å². The lowest BCUT2D eigenvalue weighted by Gasteiger charge is -2.13. The number of anilines is 1. The smallest absolute Gasteiger partial charge is 0.260 e. The van der Waals surface area contributed by atoms with E-state index in [1.807, 2.05) is 37.3 Å². The molecule has 2 N–H and O–H groups in total. The van der Waals surface area contributed by atoms with Crippen molar-refractivity contribution in [2.75, 3.05) is 19.0 Å². The summed E-state index contributed by atoms with van der Waals surface area (Å²) in [6.45, 7) is 4.57. The Balaban J connectivity index is 1.76. The summed E-state index contributed by atoms with van der Waals surface area (Å²) in [6.07, 6.45) is 2.86. The molecule has 3 rings (SSSR count). The molecule has 1 atom stereocenters. The summed E-state index contributed by atoms with van der Waals surface area (Å²) in [5, 5.41) is 6.29. The number of hydrogen-bond donors (Lipinski definition) is 2. The topological polar surface area (TPSA) is 59.6 Å². The summed E-state index contributed by atoms with van der Waals surface area (Å²) in [6, 6.07) is 12.0. The summed E-state index contributed by atoms with van der Waals surface area (Å²) in [5.41, 5.74) is 2.91. The lowest BCUT2D eigenvalue weighted by Crippen LogP contribution is -2.30. The summed E-state index contributed by atoms with van der Waals surface area (Å²) in [5.74, 6) is 1.18. The van der Waals surface area contributed by atoms with Crippen molar-refractivity contribution in [3.8, 4) is 11.5 Å². The molecule has 0 aliphatic carbocycles. The van der Waals surface area contributed by atoms with Crippen molar-refractivity contribution >= 4 is 45.4 Å². The summed E-state index contributed by atoms with van der Waals surface area (Å²) in [7, 11) is 1.60. The second-order valence-electron chi connectivity index (χ2n) is 6.14. The summed E-state index contributed by atoms with van der Waals surface area (Å²) in [4.78, 5) is 13.0. The Labute approximate surface area is 178 Å². The van der Waals surface area contributed by atoms with Crippen LogP contribution in [0.4, 0.5) is 5.69 Å². The number of halogens is 1. The standard InChI is InChI=1S/C21H23BrN2O3S/c1-4-13-6-8-15(9-7-13)23-21-24-20(25)18(28-21)12-14-10-16(22)19(26-3)17(11-14)27-5-2/h6-12,21,23H,4-5H2,1-3H3,(H,24,25)/b18-12-/t21-/m0/s1. The van der Waals surface area contributed by atoms with E-state index in [4.69, 9.17) is 9.47 Å². The van der Waals surface area contributed by atoms with Crippen molar-refractivity contribution in [2.45, 2.75) is 25.8 Å². The molecule has 1 saturated heterocycles. The molecule has 2 aromatic rings. The van der Waals surface area contributed by atoms with Gasteiger partial charge >= 0.3 is 0 Å². The number of thioether (sulfide) groups is 1. The van der Waals surface area contributed by atoms with E-state index in [0.29, 0.717) is 23.0 Å². The van der Waals surface area contributed by atoms with Gasteiger partial charge in [-0.15, -0.1) is 0 Å². The van der Waals surface area contributed by atoms with Gasteiger partial charge in [0.2, 0.25) is 0 Å². The molecular formula is C21H23BrN2O3S. The van der Waals surface area contributed by atoms with Gasteiger partial charge in [0.05, 0.1) is 23.1 Å². The van der Waals surface area contributed by atoms with E-state index in [-0.39, 0.29) is 11.4 Å². The van der Waals surface area contributed by atoms with E-state index in [2.05, 4.69) is 45.6 Å². The number of nitrogens with one attached hydrogen (secondary N) is 2. The highest BCUT2D eigenvalue weighted by atomic mass is 79.9. The summed E-state index contributed by atoms with van der Waals surface area (Å²) >= 11 is 4.96. The Morgan fingerprint density at radius 2 is 2.00 bits per heavy atom.